The van der Waals surface area contributed by atoms with Crippen LogP contribution in [-0.2, 0) is 4.74 Å². The first-order chi connectivity index (χ1) is 9.65. The lowest BCUT2D eigenvalue weighted by molar-refractivity contribution is 0.0601. The molecule has 20 heavy (non-hydrogen) atoms. The van der Waals surface area contributed by atoms with Crippen molar-refractivity contribution in [2.75, 3.05) is 32.1 Å². The molecule has 0 bridgehead atoms. The van der Waals surface area contributed by atoms with Crippen molar-refractivity contribution in [3.8, 4) is 0 Å². The zero-order chi connectivity index (χ0) is 14.5. The predicted molar refractivity (Wildman–Crippen MR) is 81.3 cm³/mol. The van der Waals surface area contributed by atoms with Crippen molar-refractivity contribution in [3.63, 3.8) is 0 Å². The molecule has 110 valence electrons. The lowest BCUT2D eigenvalue weighted by Crippen LogP contribution is -2.34. The quantitative estimate of drug-likeness (QED) is 0.840. The standard InChI is InChI=1S/C16H24N2O2/c1-4-18-9-5-6-14(18)11-17-15-10-13(16(19)20-3)8-7-12(15)2/h7-8,10,14,17H,4-6,9,11H2,1-3H3. The molecule has 1 aromatic carbocycles. The lowest BCUT2D eigenvalue weighted by atomic mass is 10.1. The second-order valence-electron chi connectivity index (χ2n) is 5.33. The number of esters is 1. The number of nitrogens with zero attached hydrogens (tertiary/aromatic N) is 1. The first kappa shape index (κ1) is 14.9. The smallest absolute Gasteiger partial charge is 0.337 e. The molecule has 0 amide bonds. The maximum atomic E-state index is 11.6. The summed E-state index contributed by atoms with van der Waals surface area (Å²) in [5, 5.41) is 3.49. The molecule has 4 nitrogen and oxygen atoms in total. The van der Waals surface area contributed by atoms with Gasteiger partial charge in [-0.3, -0.25) is 4.90 Å². The molecular weight excluding hydrogens is 252 g/mol. The minimum atomic E-state index is -0.288. The molecule has 1 heterocycles. The number of hydrogen-bond acceptors (Lipinski definition) is 4. The van der Waals surface area contributed by atoms with Gasteiger partial charge in [-0.25, -0.2) is 4.79 Å². The Kier molecular flexibility index (Phi) is 5.01. The normalized spacial score (nSPS) is 19.1. The first-order valence-corrected chi connectivity index (χ1v) is 7.32. The number of likely N-dealkylation sites (N-methyl/N-ethyl adjacent to an activating group) is 1. The lowest BCUT2D eigenvalue weighted by Gasteiger charge is -2.24. The van der Waals surface area contributed by atoms with Crippen LogP contribution >= 0.6 is 0 Å². The number of anilines is 1. The number of ether oxygens (including phenoxy) is 1. The van der Waals surface area contributed by atoms with E-state index in [-0.39, 0.29) is 5.97 Å². The summed E-state index contributed by atoms with van der Waals surface area (Å²) in [5.74, 6) is -0.288. The Hall–Kier alpha value is -1.55. The highest BCUT2D eigenvalue weighted by atomic mass is 16.5. The van der Waals surface area contributed by atoms with Gasteiger partial charge in [0.05, 0.1) is 12.7 Å². The number of methoxy groups -OCH3 is 1. The van der Waals surface area contributed by atoms with E-state index < -0.39 is 0 Å². The van der Waals surface area contributed by atoms with E-state index >= 15 is 0 Å². The van der Waals surface area contributed by atoms with Gasteiger partial charge in [0.25, 0.3) is 0 Å². The van der Waals surface area contributed by atoms with E-state index in [0.717, 1.165) is 24.3 Å². The topological polar surface area (TPSA) is 41.6 Å². The van der Waals surface area contributed by atoms with E-state index in [0.29, 0.717) is 11.6 Å². The van der Waals surface area contributed by atoms with Gasteiger partial charge in [0.15, 0.2) is 0 Å². The first-order valence-electron chi connectivity index (χ1n) is 7.32. The molecule has 1 N–H and O–H groups in total. The third-order valence-corrected chi connectivity index (χ3v) is 4.09. The maximum Gasteiger partial charge on any atom is 0.337 e. The zero-order valence-corrected chi connectivity index (χ0v) is 12.6. The number of carbonyl (C=O) groups is 1. The highest BCUT2D eigenvalue weighted by Gasteiger charge is 2.22. The number of aryl methyl sites for hydroxylation is 1. The van der Waals surface area contributed by atoms with E-state index in [1.54, 1.807) is 6.07 Å². The van der Waals surface area contributed by atoms with Gasteiger partial charge in [0.1, 0.15) is 0 Å². The Balaban J connectivity index is 2.03. The highest BCUT2D eigenvalue weighted by Crippen LogP contribution is 2.21. The average Bonchev–Trinajstić information content (AvgIpc) is 2.93. The van der Waals surface area contributed by atoms with Gasteiger partial charge in [0, 0.05) is 18.3 Å². The third kappa shape index (κ3) is 3.31. The largest absolute Gasteiger partial charge is 0.465 e. The summed E-state index contributed by atoms with van der Waals surface area (Å²) in [6.07, 6.45) is 2.53. The fraction of sp³-hybridized carbons (Fsp3) is 0.562. The second-order valence-corrected chi connectivity index (χ2v) is 5.33. The minimum absolute atomic E-state index is 0.288. The number of likely N-dealkylation sites (tertiary alicyclic amines) is 1. The average molecular weight is 276 g/mol. The molecule has 1 unspecified atom stereocenters. The molecule has 0 aliphatic carbocycles. The summed E-state index contributed by atoms with van der Waals surface area (Å²) < 4.78 is 4.77. The van der Waals surface area contributed by atoms with Crippen LogP contribution < -0.4 is 5.32 Å². The fourth-order valence-electron chi connectivity index (χ4n) is 2.83. The van der Waals surface area contributed by atoms with Crippen LogP contribution in [0.1, 0.15) is 35.7 Å². The van der Waals surface area contributed by atoms with Crippen LogP contribution in [0.4, 0.5) is 5.69 Å². The van der Waals surface area contributed by atoms with Gasteiger partial charge in [-0.05, 0) is 50.6 Å². The van der Waals surface area contributed by atoms with Crippen molar-refractivity contribution in [2.45, 2.75) is 32.7 Å². The van der Waals surface area contributed by atoms with Crippen molar-refractivity contribution in [1.82, 2.24) is 4.90 Å². The third-order valence-electron chi connectivity index (χ3n) is 4.09. The van der Waals surface area contributed by atoms with Crippen LogP contribution in [0.3, 0.4) is 0 Å². The number of hydrogen-bond donors (Lipinski definition) is 1. The molecule has 0 spiro atoms. The second kappa shape index (κ2) is 6.75. The summed E-state index contributed by atoms with van der Waals surface area (Å²) >= 11 is 0. The Bertz CT molecular complexity index is 474. The number of rotatable bonds is 5. The van der Waals surface area contributed by atoms with Crippen LogP contribution in [0.2, 0.25) is 0 Å². The van der Waals surface area contributed by atoms with Gasteiger partial charge in [-0.2, -0.15) is 0 Å². The molecule has 1 fully saturated rings. The van der Waals surface area contributed by atoms with Gasteiger partial charge in [0.2, 0.25) is 0 Å². The van der Waals surface area contributed by atoms with E-state index in [2.05, 4.69) is 24.1 Å². The molecule has 1 aliphatic heterocycles. The summed E-state index contributed by atoms with van der Waals surface area (Å²) in [6.45, 7) is 7.49. The SMILES string of the molecule is CCN1CCCC1CNc1cc(C(=O)OC)ccc1C. The molecule has 1 aromatic rings. The Labute approximate surface area is 121 Å². The van der Waals surface area contributed by atoms with Gasteiger partial charge in [-0.1, -0.05) is 13.0 Å². The molecule has 4 heteroatoms. The summed E-state index contributed by atoms with van der Waals surface area (Å²) in [4.78, 5) is 14.1. The number of benzene rings is 1. The molecule has 0 aromatic heterocycles. The van der Waals surface area contributed by atoms with Crippen LogP contribution in [0.5, 0.6) is 0 Å². The van der Waals surface area contributed by atoms with Crippen molar-refractivity contribution in [1.29, 1.82) is 0 Å². The number of carbonyl (C=O) groups excluding carboxylic acids is 1. The van der Waals surface area contributed by atoms with E-state index in [9.17, 15) is 4.79 Å². The monoisotopic (exact) mass is 276 g/mol. The fourth-order valence-corrected chi connectivity index (χ4v) is 2.83. The van der Waals surface area contributed by atoms with Crippen molar-refractivity contribution in [3.05, 3.63) is 29.3 Å². The molecule has 1 aliphatic rings. The molecule has 1 atom stereocenters. The Morgan fingerprint density at radius 1 is 1.50 bits per heavy atom. The summed E-state index contributed by atoms with van der Waals surface area (Å²) in [7, 11) is 1.41. The maximum absolute atomic E-state index is 11.6. The van der Waals surface area contributed by atoms with Crippen LogP contribution in [0.15, 0.2) is 18.2 Å². The summed E-state index contributed by atoms with van der Waals surface area (Å²) in [5.41, 5.74) is 2.77. The highest BCUT2D eigenvalue weighted by molar-refractivity contribution is 5.90. The van der Waals surface area contributed by atoms with Crippen molar-refractivity contribution in [2.24, 2.45) is 0 Å². The van der Waals surface area contributed by atoms with Crippen molar-refractivity contribution < 1.29 is 9.53 Å². The van der Waals surface area contributed by atoms with Crippen LogP contribution in [0, 0.1) is 6.92 Å². The van der Waals surface area contributed by atoms with Crippen molar-refractivity contribution >= 4 is 11.7 Å². The van der Waals surface area contributed by atoms with E-state index in [1.807, 2.05) is 12.1 Å². The van der Waals surface area contributed by atoms with Gasteiger partial charge in [-0.15, -0.1) is 0 Å². The van der Waals surface area contributed by atoms with Gasteiger partial charge < -0.3 is 10.1 Å². The van der Waals surface area contributed by atoms with Gasteiger partial charge >= 0.3 is 5.97 Å². The van der Waals surface area contributed by atoms with Crippen LogP contribution in [-0.4, -0.2) is 43.7 Å². The molecule has 1 saturated heterocycles. The Morgan fingerprint density at radius 2 is 2.30 bits per heavy atom. The number of nitrogens with one attached hydrogen (secondary N) is 1. The molecule has 0 saturated carbocycles. The zero-order valence-electron chi connectivity index (χ0n) is 12.6. The summed E-state index contributed by atoms with van der Waals surface area (Å²) in [6, 6.07) is 6.24. The predicted octanol–water partition coefficient (Wildman–Crippen LogP) is 2.68. The van der Waals surface area contributed by atoms with E-state index in [4.69, 9.17) is 4.74 Å². The van der Waals surface area contributed by atoms with Crippen LogP contribution in [0.25, 0.3) is 0 Å². The van der Waals surface area contributed by atoms with E-state index in [1.165, 1.54) is 26.5 Å². The molecule has 0 radical (unpaired) electrons. The Morgan fingerprint density at radius 3 is 3.00 bits per heavy atom. The molecule has 2 rings (SSSR count). The molecular formula is C16H24N2O2. The minimum Gasteiger partial charge on any atom is -0.465 e.